The van der Waals surface area contributed by atoms with Gasteiger partial charge in [0.25, 0.3) is 0 Å². The highest BCUT2D eigenvalue weighted by Crippen LogP contribution is 2.06. The molecule has 1 aromatic heterocycles. The van der Waals surface area contributed by atoms with Gasteiger partial charge in [0.1, 0.15) is 4.64 Å². The van der Waals surface area contributed by atoms with Gasteiger partial charge < -0.3 is 5.10 Å². The Balaban J connectivity index is 0.000000561. The van der Waals surface area contributed by atoms with E-state index in [-0.39, 0.29) is 0 Å². The van der Waals surface area contributed by atoms with E-state index < -0.39 is 0 Å². The molecule has 0 aliphatic heterocycles. The first-order chi connectivity index (χ1) is 5.66. The van der Waals surface area contributed by atoms with Crippen LogP contribution < -0.4 is 0 Å². The third-order valence-corrected chi connectivity index (χ3v) is 2.31. The highest BCUT2D eigenvalue weighted by molar-refractivity contribution is 7.71. The van der Waals surface area contributed by atoms with Gasteiger partial charge in [0.2, 0.25) is 0 Å². The van der Waals surface area contributed by atoms with Gasteiger partial charge in [-0.25, -0.2) is 0 Å². The van der Waals surface area contributed by atoms with Crippen LogP contribution in [0.25, 0.3) is 0 Å². The van der Waals surface area contributed by atoms with Gasteiger partial charge in [-0.3, -0.25) is 4.68 Å². The minimum Gasteiger partial charge on any atom is -0.302 e. The van der Waals surface area contributed by atoms with Crippen molar-refractivity contribution in [2.24, 2.45) is 7.05 Å². The number of hydrogen-bond donors (Lipinski definition) is 1. The summed E-state index contributed by atoms with van der Waals surface area (Å²) in [6.07, 6.45) is 1.02. The summed E-state index contributed by atoms with van der Waals surface area (Å²) in [6, 6.07) is 0. The highest BCUT2D eigenvalue weighted by Gasteiger charge is 2.00. The van der Waals surface area contributed by atoms with E-state index >= 15 is 0 Å². The SMILES string of the molecule is CC.CCc1[nH]n(C)c(=S)c1C. The van der Waals surface area contributed by atoms with Crippen LogP contribution in [0.2, 0.25) is 0 Å². The van der Waals surface area contributed by atoms with Crippen molar-refractivity contribution in [3.05, 3.63) is 15.9 Å². The number of aromatic nitrogens is 2. The van der Waals surface area contributed by atoms with Crippen LogP contribution >= 0.6 is 12.2 Å². The number of nitrogens with zero attached hydrogens (tertiary/aromatic N) is 1. The first kappa shape index (κ1) is 11.4. The maximum atomic E-state index is 5.11. The fraction of sp³-hybridized carbons (Fsp3) is 0.667. The summed E-state index contributed by atoms with van der Waals surface area (Å²) in [5.41, 5.74) is 2.45. The molecule has 0 fully saturated rings. The molecule has 0 aliphatic carbocycles. The average Bonchev–Trinajstić information content (AvgIpc) is 2.36. The van der Waals surface area contributed by atoms with Crippen molar-refractivity contribution < 1.29 is 0 Å². The molecule has 12 heavy (non-hydrogen) atoms. The molecule has 0 saturated carbocycles. The average molecular weight is 186 g/mol. The fourth-order valence-corrected chi connectivity index (χ4v) is 1.23. The van der Waals surface area contributed by atoms with E-state index in [1.807, 2.05) is 25.6 Å². The van der Waals surface area contributed by atoms with Crippen LogP contribution in [0, 0.1) is 11.6 Å². The molecule has 70 valence electrons. The van der Waals surface area contributed by atoms with Crippen molar-refractivity contribution in [3.63, 3.8) is 0 Å². The second kappa shape index (κ2) is 5.14. The predicted molar refractivity (Wildman–Crippen MR) is 56.1 cm³/mol. The van der Waals surface area contributed by atoms with E-state index in [1.165, 1.54) is 11.3 Å². The van der Waals surface area contributed by atoms with E-state index in [0.717, 1.165) is 11.1 Å². The first-order valence-corrected chi connectivity index (χ1v) is 4.82. The predicted octanol–water partition coefficient (Wildman–Crippen LogP) is 2.98. The smallest absolute Gasteiger partial charge is 0.124 e. The lowest BCUT2D eigenvalue weighted by Crippen LogP contribution is -1.90. The van der Waals surface area contributed by atoms with E-state index in [4.69, 9.17) is 12.2 Å². The Hall–Kier alpha value is -0.570. The molecular weight excluding hydrogens is 168 g/mol. The number of H-pyrrole nitrogens is 1. The largest absolute Gasteiger partial charge is 0.302 e. The monoisotopic (exact) mass is 186 g/mol. The molecule has 1 aromatic rings. The quantitative estimate of drug-likeness (QED) is 0.669. The number of aryl methyl sites for hydroxylation is 2. The van der Waals surface area contributed by atoms with Gasteiger partial charge in [-0.1, -0.05) is 33.0 Å². The van der Waals surface area contributed by atoms with Crippen molar-refractivity contribution in [1.29, 1.82) is 0 Å². The molecule has 0 saturated heterocycles. The van der Waals surface area contributed by atoms with Gasteiger partial charge in [-0.05, 0) is 13.3 Å². The number of rotatable bonds is 1. The van der Waals surface area contributed by atoms with Gasteiger partial charge >= 0.3 is 0 Å². The van der Waals surface area contributed by atoms with Gasteiger partial charge in [0.05, 0.1) is 0 Å². The van der Waals surface area contributed by atoms with Gasteiger partial charge in [0.15, 0.2) is 0 Å². The third-order valence-electron chi connectivity index (χ3n) is 1.73. The molecule has 1 heterocycles. The molecular formula is C9H18N2S. The lowest BCUT2D eigenvalue weighted by Gasteiger charge is -1.89. The van der Waals surface area contributed by atoms with Crippen molar-refractivity contribution >= 4 is 12.2 Å². The van der Waals surface area contributed by atoms with Gasteiger partial charge in [0, 0.05) is 18.3 Å². The van der Waals surface area contributed by atoms with Crippen LogP contribution in [-0.4, -0.2) is 9.78 Å². The van der Waals surface area contributed by atoms with E-state index in [2.05, 4.69) is 18.9 Å². The van der Waals surface area contributed by atoms with Crippen LogP contribution in [0.3, 0.4) is 0 Å². The van der Waals surface area contributed by atoms with Crippen LogP contribution in [-0.2, 0) is 13.5 Å². The van der Waals surface area contributed by atoms with Gasteiger partial charge in [-0.15, -0.1) is 0 Å². The third kappa shape index (κ3) is 2.21. The second-order valence-electron chi connectivity index (χ2n) is 2.43. The first-order valence-electron chi connectivity index (χ1n) is 4.41. The van der Waals surface area contributed by atoms with Crippen molar-refractivity contribution in [1.82, 2.24) is 9.78 Å². The number of hydrogen-bond acceptors (Lipinski definition) is 1. The maximum absolute atomic E-state index is 5.11. The van der Waals surface area contributed by atoms with Gasteiger partial charge in [-0.2, -0.15) is 0 Å². The Labute approximate surface area is 79.6 Å². The number of nitrogens with one attached hydrogen (secondary N) is 1. The van der Waals surface area contributed by atoms with Crippen molar-refractivity contribution in [2.75, 3.05) is 0 Å². The summed E-state index contributed by atoms with van der Waals surface area (Å²) in [4.78, 5) is 0. The Bertz CT molecular complexity index is 283. The fourth-order valence-electron chi connectivity index (χ4n) is 1.06. The van der Waals surface area contributed by atoms with E-state index in [0.29, 0.717) is 0 Å². The summed E-state index contributed by atoms with van der Waals surface area (Å²) >= 11 is 5.11. The molecule has 2 nitrogen and oxygen atoms in total. The molecule has 0 aliphatic rings. The zero-order valence-corrected chi connectivity index (χ0v) is 9.38. The highest BCUT2D eigenvalue weighted by atomic mass is 32.1. The normalized spacial score (nSPS) is 9.08. The molecule has 0 radical (unpaired) electrons. The minimum atomic E-state index is 0.914. The van der Waals surface area contributed by atoms with Crippen LogP contribution in [0.15, 0.2) is 0 Å². The van der Waals surface area contributed by atoms with E-state index in [9.17, 15) is 0 Å². The Morgan fingerprint density at radius 2 is 1.92 bits per heavy atom. The summed E-state index contributed by atoms with van der Waals surface area (Å²) in [6.45, 7) is 8.17. The van der Waals surface area contributed by atoms with Crippen molar-refractivity contribution in [2.45, 2.75) is 34.1 Å². The maximum Gasteiger partial charge on any atom is 0.124 e. The Morgan fingerprint density at radius 3 is 2.08 bits per heavy atom. The molecule has 0 amide bonds. The molecule has 1 N–H and O–H groups in total. The summed E-state index contributed by atoms with van der Waals surface area (Å²) in [7, 11) is 1.94. The van der Waals surface area contributed by atoms with Crippen LogP contribution in [0.4, 0.5) is 0 Å². The zero-order valence-electron chi connectivity index (χ0n) is 8.56. The lowest BCUT2D eigenvalue weighted by molar-refractivity contribution is 0.737. The standard InChI is InChI=1S/C7H12N2S.C2H6/c1-4-6-5(2)7(10)9(3)8-6;1-2/h8H,4H2,1-3H3;1-2H3. The summed E-state index contributed by atoms with van der Waals surface area (Å²) < 4.78 is 2.79. The lowest BCUT2D eigenvalue weighted by atomic mass is 10.2. The van der Waals surface area contributed by atoms with Crippen LogP contribution in [0.5, 0.6) is 0 Å². The summed E-state index contributed by atoms with van der Waals surface area (Å²) in [5, 5.41) is 3.17. The Morgan fingerprint density at radius 1 is 1.42 bits per heavy atom. The van der Waals surface area contributed by atoms with Crippen molar-refractivity contribution in [3.8, 4) is 0 Å². The number of aromatic amines is 1. The Kier molecular flexibility index (Phi) is 4.90. The molecule has 0 spiro atoms. The molecule has 3 heteroatoms. The zero-order chi connectivity index (χ0) is 9.72. The molecule has 0 atom stereocenters. The molecule has 1 rings (SSSR count). The minimum absolute atomic E-state index is 0.914. The molecule has 0 unspecified atom stereocenters. The topological polar surface area (TPSA) is 20.7 Å². The summed E-state index contributed by atoms with van der Waals surface area (Å²) in [5.74, 6) is 0. The second-order valence-corrected chi connectivity index (χ2v) is 2.82. The molecule has 0 bridgehead atoms. The van der Waals surface area contributed by atoms with Crippen LogP contribution in [0.1, 0.15) is 32.0 Å². The van der Waals surface area contributed by atoms with E-state index in [1.54, 1.807) is 0 Å². The molecule has 0 aromatic carbocycles.